The Balaban J connectivity index is 1.34. The fourth-order valence-electron chi connectivity index (χ4n) is 5.14. The molecule has 1 aromatic heterocycles. The molecule has 2 aliphatic rings. The number of carbonyl (C=O) groups excluding carboxylic acids is 1. The molecule has 1 saturated heterocycles. The topological polar surface area (TPSA) is 128 Å². The van der Waals surface area contributed by atoms with Crippen LogP contribution in [0.1, 0.15) is 31.0 Å². The Labute approximate surface area is 226 Å². The largest absolute Gasteiger partial charge is 0.462 e. The molecule has 0 aliphatic carbocycles. The second kappa shape index (κ2) is 10.2. The number of carbonyl (C=O) groups is 1. The number of aliphatic hydroxyl groups is 2. The van der Waals surface area contributed by atoms with Crippen LogP contribution in [-0.4, -0.2) is 82.6 Å². The Kier molecular flexibility index (Phi) is 7.10. The average Bonchev–Trinajstić information content (AvgIpc) is 3.39. The molecule has 2 aliphatic heterocycles. The van der Waals surface area contributed by atoms with Gasteiger partial charge in [-0.05, 0) is 44.5 Å². The number of aliphatic hydroxyl groups excluding tert-OH is 2. The summed E-state index contributed by atoms with van der Waals surface area (Å²) in [5.74, 6) is 0.302. The fourth-order valence-corrected chi connectivity index (χ4v) is 5.14. The lowest BCUT2D eigenvalue weighted by Gasteiger charge is -2.46. The van der Waals surface area contributed by atoms with Gasteiger partial charge in [-0.25, -0.2) is 9.48 Å². The molecule has 11 heteroatoms. The molecule has 11 nitrogen and oxygen atoms in total. The lowest BCUT2D eigenvalue weighted by atomic mass is 9.89. The van der Waals surface area contributed by atoms with Gasteiger partial charge in [0.15, 0.2) is 6.04 Å². The molecule has 0 spiro atoms. The molecule has 5 rings (SSSR count). The Hall–Kier alpha value is -3.51. The van der Waals surface area contributed by atoms with E-state index < -0.39 is 42.2 Å². The summed E-state index contributed by atoms with van der Waals surface area (Å²) in [6.07, 6.45) is -2.32. The van der Waals surface area contributed by atoms with Crippen LogP contribution in [-0.2, 0) is 20.7 Å². The molecular formula is C28H34N4O7. The predicted octanol–water partition coefficient (Wildman–Crippen LogP) is 2.27. The highest BCUT2D eigenvalue weighted by Gasteiger charge is 2.50. The summed E-state index contributed by atoms with van der Waals surface area (Å²) in [5, 5.41) is 29.6. The van der Waals surface area contributed by atoms with Crippen LogP contribution in [0.25, 0.3) is 11.3 Å². The zero-order valence-corrected chi connectivity index (χ0v) is 22.9. The molecule has 1 fully saturated rings. The molecule has 0 radical (unpaired) electrons. The van der Waals surface area contributed by atoms with Crippen molar-refractivity contribution in [2.75, 3.05) is 26.1 Å². The van der Waals surface area contributed by atoms with Crippen LogP contribution in [0.3, 0.4) is 0 Å². The number of rotatable bonds is 6. The van der Waals surface area contributed by atoms with Crippen molar-refractivity contribution in [2.45, 2.75) is 63.4 Å². The molecule has 39 heavy (non-hydrogen) atoms. The summed E-state index contributed by atoms with van der Waals surface area (Å²) in [5.41, 5.74) is 3.10. The molecule has 2 aromatic carbocycles. The number of nitrogens with zero attached hydrogens (tertiary/aromatic N) is 4. The normalized spacial score (nSPS) is 26.1. The minimum absolute atomic E-state index is 0.363. The first kappa shape index (κ1) is 27.1. The van der Waals surface area contributed by atoms with Crippen LogP contribution in [0.5, 0.6) is 11.5 Å². The number of anilines is 1. The Bertz CT molecular complexity index is 1350. The molecule has 1 unspecified atom stereocenters. The SMILES string of the molecule is CO[C@@H]1[C@@H](O)[C@@H](O)[C@H](Oc2ccc3c(c2C)OC(=O)C(n2cc(-c4ccc(N(C)C)cc4)nn2)C3)OC1(C)C. The average molecular weight is 539 g/mol. The van der Waals surface area contributed by atoms with Gasteiger partial charge < -0.3 is 34.1 Å². The number of benzene rings is 2. The smallest absolute Gasteiger partial charge is 0.336 e. The van der Waals surface area contributed by atoms with Gasteiger partial charge in [-0.3, -0.25) is 0 Å². The molecule has 3 aromatic rings. The van der Waals surface area contributed by atoms with E-state index in [9.17, 15) is 15.0 Å². The molecular weight excluding hydrogens is 504 g/mol. The molecule has 0 saturated carbocycles. The van der Waals surface area contributed by atoms with Gasteiger partial charge in [0.1, 0.15) is 35.5 Å². The maximum atomic E-state index is 13.1. The maximum Gasteiger partial charge on any atom is 0.336 e. The van der Waals surface area contributed by atoms with Crippen LogP contribution in [0.4, 0.5) is 5.69 Å². The zero-order chi connectivity index (χ0) is 28.1. The number of esters is 1. The van der Waals surface area contributed by atoms with Crippen molar-refractivity contribution >= 4 is 11.7 Å². The van der Waals surface area contributed by atoms with E-state index in [1.165, 1.54) is 11.8 Å². The molecule has 3 heterocycles. The lowest BCUT2D eigenvalue weighted by molar-refractivity contribution is -0.306. The van der Waals surface area contributed by atoms with Gasteiger partial charge in [0.2, 0.25) is 6.29 Å². The van der Waals surface area contributed by atoms with Crippen LogP contribution in [0, 0.1) is 6.92 Å². The summed E-state index contributed by atoms with van der Waals surface area (Å²) in [7, 11) is 5.40. The van der Waals surface area contributed by atoms with Gasteiger partial charge in [0, 0.05) is 44.4 Å². The Morgan fingerprint density at radius 2 is 1.82 bits per heavy atom. The third-order valence-electron chi connectivity index (χ3n) is 7.38. The van der Waals surface area contributed by atoms with Crippen molar-refractivity contribution in [3.8, 4) is 22.8 Å². The van der Waals surface area contributed by atoms with Gasteiger partial charge >= 0.3 is 5.97 Å². The first-order chi connectivity index (χ1) is 18.5. The van der Waals surface area contributed by atoms with Gasteiger partial charge in [-0.2, -0.15) is 0 Å². The van der Waals surface area contributed by atoms with Crippen LogP contribution in [0.15, 0.2) is 42.6 Å². The minimum atomic E-state index is -1.34. The van der Waals surface area contributed by atoms with E-state index in [1.54, 1.807) is 33.0 Å². The van der Waals surface area contributed by atoms with E-state index in [0.717, 1.165) is 16.8 Å². The zero-order valence-electron chi connectivity index (χ0n) is 22.9. The van der Waals surface area contributed by atoms with E-state index in [-0.39, 0.29) is 0 Å². The monoisotopic (exact) mass is 538 g/mol. The number of methoxy groups -OCH3 is 1. The van der Waals surface area contributed by atoms with Crippen LogP contribution < -0.4 is 14.4 Å². The highest BCUT2D eigenvalue weighted by molar-refractivity contribution is 5.80. The predicted molar refractivity (Wildman–Crippen MR) is 142 cm³/mol. The summed E-state index contributed by atoms with van der Waals surface area (Å²) in [4.78, 5) is 15.1. The number of hydrogen-bond donors (Lipinski definition) is 2. The first-order valence-electron chi connectivity index (χ1n) is 12.8. The summed E-state index contributed by atoms with van der Waals surface area (Å²) >= 11 is 0. The van der Waals surface area contributed by atoms with Crippen molar-refractivity contribution in [1.82, 2.24) is 15.0 Å². The second-order valence-corrected chi connectivity index (χ2v) is 10.7. The van der Waals surface area contributed by atoms with E-state index >= 15 is 0 Å². The van der Waals surface area contributed by atoms with Crippen molar-refractivity contribution in [2.24, 2.45) is 0 Å². The number of ether oxygens (including phenoxy) is 4. The molecule has 0 bridgehead atoms. The number of hydrogen-bond acceptors (Lipinski definition) is 10. The van der Waals surface area contributed by atoms with Crippen molar-refractivity contribution < 1.29 is 34.0 Å². The van der Waals surface area contributed by atoms with Gasteiger partial charge in [0.05, 0.1) is 11.8 Å². The molecule has 208 valence electrons. The highest BCUT2D eigenvalue weighted by atomic mass is 16.7. The van der Waals surface area contributed by atoms with Crippen LogP contribution >= 0.6 is 0 Å². The van der Waals surface area contributed by atoms with Crippen LogP contribution in [0.2, 0.25) is 0 Å². The van der Waals surface area contributed by atoms with Gasteiger partial charge in [-0.1, -0.05) is 23.4 Å². The van der Waals surface area contributed by atoms with E-state index in [0.29, 0.717) is 29.2 Å². The Morgan fingerprint density at radius 1 is 1.10 bits per heavy atom. The standard InChI is InChI=1S/C28H34N4O7/c1-15-21(37-27-23(34)22(33)25(36-6)28(2,3)39-27)12-9-17-13-20(26(35)38-24(15)17)32-14-19(29-30-32)16-7-10-18(11-8-16)31(4)5/h7-12,14,20,22-23,25,27,33-34H,13H2,1-6H3/t20?,22-,23+,25+,27+/m0/s1. The van der Waals surface area contributed by atoms with Crippen molar-refractivity contribution in [1.29, 1.82) is 0 Å². The summed E-state index contributed by atoms with van der Waals surface area (Å²) < 4.78 is 24.5. The first-order valence-corrected chi connectivity index (χ1v) is 12.8. The molecule has 5 atom stereocenters. The highest BCUT2D eigenvalue weighted by Crippen LogP contribution is 2.40. The number of aromatic nitrogens is 3. The number of fused-ring (bicyclic) bond motifs is 1. The lowest BCUT2D eigenvalue weighted by Crippen LogP contribution is -2.63. The third-order valence-corrected chi connectivity index (χ3v) is 7.38. The Morgan fingerprint density at radius 3 is 2.49 bits per heavy atom. The summed E-state index contributed by atoms with van der Waals surface area (Å²) in [6, 6.07) is 10.8. The third kappa shape index (κ3) is 4.98. The van der Waals surface area contributed by atoms with E-state index in [1.807, 2.05) is 49.3 Å². The fraction of sp³-hybridized carbons (Fsp3) is 0.464. The summed E-state index contributed by atoms with van der Waals surface area (Å²) in [6.45, 7) is 5.27. The van der Waals surface area contributed by atoms with Gasteiger partial charge in [0.25, 0.3) is 0 Å². The van der Waals surface area contributed by atoms with Crippen molar-refractivity contribution in [3.63, 3.8) is 0 Å². The van der Waals surface area contributed by atoms with Crippen molar-refractivity contribution in [3.05, 3.63) is 53.7 Å². The second-order valence-electron chi connectivity index (χ2n) is 10.7. The van der Waals surface area contributed by atoms with E-state index in [2.05, 4.69) is 10.3 Å². The van der Waals surface area contributed by atoms with Gasteiger partial charge in [-0.15, -0.1) is 5.10 Å². The van der Waals surface area contributed by atoms with E-state index in [4.69, 9.17) is 18.9 Å². The minimum Gasteiger partial charge on any atom is -0.462 e. The quantitative estimate of drug-likeness (QED) is 0.356. The molecule has 2 N–H and O–H groups in total. The maximum absolute atomic E-state index is 13.1. The molecule has 0 amide bonds.